The number of morpholine rings is 1. The van der Waals surface area contributed by atoms with Gasteiger partial charge in [0.15, 0.2) is 0 Å². The second-order valence-electron chi connectivity index (χ2n) is 5.96. The SMILES string of the molecule is CCC1(C)C(C#N)C(=O)N(CN2CCOCC2)C(=O)C1C#N. The van der Waals surface area contributed by atoms with Crippen LogP contribution in [0.4, 0.5) is 0 Å². The Morgan fingerprint density at radius 1 is 1.18 bits per heavy atom. The van der Waals surface area contributed by atoms with Gasteiger partial charge in [-0.25, -0.2) is 0 Å². The van der Waals surface area contributed by atoms with Crippen LogP contribution in [0.2, 0.25) is 0 Å². The summed E-state index contributed by atoms with van der Waals surface area (Å²) in [4.78, 5) is 28.2. The van der Waals surface area contributed by atoms with Crippen molar-refractivity contribution in [3.8, 4) is 12.1 Å². The Morgan fingerprint density at radius 3 is 2.09 bits per heavy atom. The van der Waals surface area contributed by atoms with Crippen molar-refractivity contribution in [2.45, 2.75) is 20.3 Å². The van der Waals surface area contributed by atoms with E-state index < -0.39 is 29.1 Å². The van der Waals surface area contributed by atoms with Crippen LogP contribution < -0.4 is 0 Å². The summed E-state index contributed by atoms with van der Waals surface area (Å²) in [6.07, 6.45) is 0.423. The molecule has 2 amide bonds. The number of carbonyl (C=O) groups excluding carboxylic acids is 2. The van der Waals surface area contributed by atoms with Crippen LogP contribution in [0.25, 0.3) is 0 Å². The van der Waals surface area contributed by atoms with Gasteiger partial charge in [0, 0.05) is 18.5 Å². The Labute approximate surface area is 130 Å². The van der Waals surface area contributed by atoms with Crippen LogP contribution in [0.3, 0.4) is 0 Å². The van der Waals surface area contributed by atoms with Gasteiger partial charge in [0.05, 0.1) is 32.0 Å². The highest BCUT2D eigenvalue weighted by Crippen LogP contribution is 2.44. The van der Waals surface area contributed by atoms with Gasteiger partial charge in [-0.2, -0.15) is 10.5 Å². The molecule has 2 aliphatic rings. The third-order valence-electron chi connectivity index (χ3n) is 4.81. The summed E-state index contributed by atoms with van der Waals surface area (Å²) in [5.41, 5.74) is -0.931. The molecular weight excluding hydrogens is 284 g/mol. The highest BCUT2D eigenvalue weighted by atomic mass is 16.5. The predicted molar refractivity (Wildman–Crippen MR) is 75.7 cm³/mol. The largest absolute Gasteiger partial charge is 0.379 e. The Bertz CT molecular complexity index is 508. The minimum Gasteiger partial charge on any atom is -0.379 e. The summed E-state index contributed by atoms with van der Waals surface area (Å²) in [5.74, 6) is -2.92. The molecule has 0 spiro atoms. The number of imide groups is 1. The number of nitriles is 2. The van der Waals surface area contributed by atoms with Crippen LogP contribution >= 0.6 is 0 Å². The number of piperidine rings is 1. The van der Waals surface area contributed by atoms with Crippen molar-refractivity contribution in [3.05, 3.63) is 0 Å². The third kappa shape index (κ3) is 2.58. The first-order valence-corrected chi connectivity index (χ1v) is 7.44. The second kappa shape index (κ2) is 6.43. The van der Waals surface area contributed by atoms with Crippen molar-refractivity contribution in [3.63, 3.8) is 0 Å². The van der Waals surface area contributed by atoms with Gasteiger partial charge in [0.2, 0.25) is 11.8 Å². The Kier molecular flexibility index (Phi) is 4.80. The maximum atomic E-state index is 12.6. The lowest BCUT2D eigenvalue weighted by Gasteiger charge is -2.44. The maximum absolute atomic E-state index is 12.6. The van der Waals surface area contributed by atoms with E-state index in [4.69, 9.17) is 4.74 Å². The van der Waals surface area contributed by atoms with Crippen molar-refractivity contribution >= 4 is 11.8 Å². The molecule has 2 atom stereocenters. The monoisotopic (exact) mass is 304 g/mol. The van der Waals surface area contributed by atoms with Crippen molar-refractivity contribution in [2.24, 2.45) is 17.3 Å². The average molecular weight is 304 g/mol. The number of likely N-dealkylation sites (tertiary alicyclic amines) is 1. The fourth-order valence-electron chi connectivity index (χ4n) is 3.05. The van der Waals surface area contributed by atoms with Gasteiger partial charge < -0.3 is 4.74 Å². The van der Waals surface area contributed by atoms with E-state index in [2.05, 4.69) is 0 Å². The molecule has 22 heavy (non-hydrogen) atoms. The summed E-state index contributed by atoms with van der Waals surface area (Å²) in [5, 5.41) is 18.8. The van der Waals surface area contributed by atoms with Crippen molar-refractivity contribution in [1.82, 2.24) is 9.80 Å². The molecule has 7 nitrogen and oxygen atoms in total. The number of ether oxygens (including phenoxy) is 1. The minimum absolute atomic E-state index is 0.122. The van der Waals surface area contributed by atoms with Crippen LogP contribution in [0.5, 0.6) is 0 Å². The standard InChI is InChI=1S/C15H20N4O3/c1-3-15(2)11(8-16)13(20)19(14(21)12(15)9-17)10-18-4-6-22-7-5-18/h11-12H,3-7,10H2,1-2H3. The molecule has 0 aromatic carbocycles. The Morgan fingerprint density at radius 2 is 1.68 bits per heavy atom. The van der Waals surface area contributed by atoms with Crippen LogP contribution in [-0.2, 0) is 14.3 Å². The smallest absolute Gasteiger partial charge is 0.248 e. The van der Waals surface area contributed by atoms with Crippen LogP contribution in [0, 0.1) is 39.9 Å². The lowest BCUT2D eigenvalue weighted by atomic mass is 9.63. The fraction of sp³-hybridized carbons (Fsp3) is 0.733. The number of amides is 2. The van der Waals surface area contributed by atoms with E-state index in [1.54, 1.807) is 13.8 Å². The molecule has 118 valence electrons. The molecule has 0 N–H and O–H groups in total. The predicted octanol–water partition coefficient (Wildman–Crippen LogP) is 0.341. The maximum Gasteiger partial charge on any atom is 0.248 e. The van der Waals surface area contributed by atoms with Gasteiger partial charge in [-0.1, -0.05) is 13.8 Å². The first-order chi connectivity index (χ1) is 10.5. The Hall–Kier alpha value is -1.96. The van der Waals surface area contributed by atoms with Crippen LogP contribution in [0.1, 0.15) is 20.3 Å². The average Bonchev–Trinajstić information content (AvgIpc) is 2.53. The first-order valence-electron chi connectivity index (χ1n) is 7.44. The summed E-state index contributed by atoms with van der Waals surface area (Å²) < 4.78 is 5.24. The Balaban J connectivity index is 2.28. The zero-order valence-electron chi connectivity index (χ0n) is 12.9. The normalized spacial score (nSPS) is 33.4. The zero-order chi connectivity index (χ0) is 16.3. The minimum atomic E-state index is -0.971. The molecule has 0 saturated carbocycles. The molecule has 0 aliphatic carbocycles. The third-order valence-corrected chi connectivity index (χ3v) is 4.81. The van der Waals surface area contributed by atoms with E-state index in [-0.39, 0.29) is 6.67 Å². The van der Waals surface area contributed by atoms with Crippen molar-refractivity contribution in [1.29, 1.82) is 10.5 Å². The molecule has 2 rings (SSSR count). The summed E-state index contributed by atoms with van der Waals surface area (Å²) in [6.45, 7) is 5.94. The number of hydrogen-bond acceptors (Lipinski definition) is 6. The van der Waals surface area contributed by atoms with E-state index in [0.717, 1.165) is 4.90 Å². The molecule has 0 bridgehead atoms. The van der Waals surface area contributed by atoms with Crippen molar-refractivity contribution in [2.75, 3.05) is 33.0 Å². The van der Waals surface area contributed by atoms with E-state index in [1.165, 1.54) is 0 Å². The van der Waals surface area contributed by atoms with E-state index in [9.17, 15) is 20.1 Å². The van der Waals surface area contributed by atoms with Crippen LogP contribution in [-0.4, -0.2) is 54.6 Å². The van der Waals surface area contributed by atoms with Gasteiger partial charge in [0.25, 0.3) is 0 Å². The topological polar surface area (TPSA) is 97.4 Å². The van der Waals surface area contributed by atoms with E-state index >= 15 is 0 Å². The van der Waals surface area contributed by atoms with E-state index in [1.807, 2.05) is 17.0 Å². The van der Waals surface area contributed by atoms with Gasteiger partial charge >= 0.3 is 0 Å². The lowest BCUT2D eigenvalue weighted by Crippen LogP contribution is -2.60. The van der Waals surface area contributed by atoms with E-state index in [0.29, 0.717) is 32.7 Å². The number of nitrogens with zero attached hydrogens (tertiary/aromatic N) is 4. The van der Waals surface area contributed by atoms with Crippen molar-refractivity contribution < 1.29 is 14.3 Å². The quantitative estimate of drug-likeness (QED) is 0.697. The zero-order valence-corrected chi connectivity index (χ0v) is 12.9. The molecule has 0 radical (unpaired) electrons. The molecular formula is C15H20N4O3. The number of hydrogen-bond donors (Lipinski definition) is 0. The number of rotatable bonds is 3. The highest BCUT2D eigenvalue weighted by molar-refractivity contribution is 6.03. The molecule has 2 unspecified atom stereocenters. The molecule has 0 aromatic heterocycles. The van der Waals surface area contributed by atoms with Gasteiger partial charge in [-0.05, 0) is 6.42 Å². The molecule has 2 saturated heterocycles. The molecule has 0 aromatic rings. The lowest BCUT2D eigenvalue weighted by molar-refractivity contribution is -0.164. The summed E-state index contributed by atoms with van der Waals surface area (Å²) in [7, 11) is 0. The van der Waals surface area contributed by atoms with Gasteiger partial charge in [-0.15, -0.1) is 0 Å². The second-order valence-corrected chi connectivity index (χ2v) is 5.96. The first kappa shape index (κ1) is 16.4. The number of carbonyl (C=O) groups is 2. The summed E-state index contributed by atoms with van der Waals surface area (Å²) >= 11 is 0. The van der Waals surface area contributed by atoms with Crippen LogP contribution in [0.15, 0.2) is 0 Å². The van der Waals surface area contributed by atoms with Gasteiger partial charge in [0.1, 0.15) is 11.8 Å². The fourth-order valence-corrected chi connectivity index (χ4v) is 3.05. The molecule has 2 fully saturated rings. The molecule has 7 heteroatoms. The van der Waals surface area contributed by atoms with Gasteiger partial charge in [-0.3, -0.25) is 19.4 Å². The molecule has 2 aliphatic heterocycles. The molecule has 2 heterocycles. The summed E-state index contributed by atoms with van der Waals surface area (Å²) in [6, 6.07) is 4.02. The highest BCUT2D eigenvalue weighted by Gasteiger charge is 2.55.